The van der Waals surface area contributed by atoms with Crippen LogP contribution in [0.5, 0.6) is 11.9 Å². The Morgan fingerprint density at radius 1 is 0.903 bits per heavy atom. The highest BCUT2D eigenvalue weighted by atomic mass is 16.5. The minimum atomic E-state index is -0.462. The normalized spacial score (nSPS) is 12.4. The smallest absolute Gasteiger partial charge is 0.320 e. The topological polar surface area (TPSA) is 74.4 Å². The highest BCUT2D eigenvalue weighted by Gasteiger charge is 2.22. The molecule has 3 aromatic heterocycles. The molecule has 0 saturated carbocycles. The lowest BCUT2D eigenvalue weighted by atomic mass is 9.97. The number of rotatable bonds is 3. The highest BCUT2D eigenvalue weighted by Crippen LogP contribution is 2.32. The number of imidazole rings is 1. The SMILES string of the molecule is CC(C)(C)C#Cc1cc(-c2cnc(OC(C)(C)C)nc2OC(C)(C)C)nn2ccnc12. The van der Waals surface area contributed by atoms with Crippen molar-refractivity contribution in [2.75, 3.05) is 0 Å². The quantitative estimate of drug-likeness (QED) is 0.558. The number of ether oxygens (including phenoxy) is 2. The third-order valence-corrected chi connectivity index (χ3v) is 3.74. The second kappa shape index (κ2) is 7.84. The molecule has 3 heterocycles. The van der Waals surface area contributed by atoms with Crippen molar-refractivity contribution in [1.29, 1.82) is 0 Å². The van der Waals surface area contributed by atoms with E-state index in [1.165, 1.54) is 0 Å². The lowest BCUT2D eigenvalue weighted by Gasteiger charge is -2.24. The molecule has 7 heteroatoms. The Morgan fingerprint density at radius 3 is 2.19 bits per heavy atom. The molecule has 0 fully saturated rings. The second-order valence-electron chi connectivity index (χ2n) is 10.4. The predicted molar refractivity (Wildman–Crippen MR) is 121 cm³/mol. The maximum Gasteiger partial charge on any atom is 0.320 e. The molecule has 0 amide bonds. The molecule has 0 aliphatic rings. The summed E-state index contributed by atoms with van der Waals surface area (Å²) in [4.78, 5) is 13.4. The molecule has 0 unspecified atom stereocenters. The molecule has 0 aliphatic carbocycles. The van der Waals surface area contributed by atoms with Crippen molar-refractivity contribution < 1.29 is 9.47 Å². The van der Waals surface area contributed by atoms with Crippen LogP contribution in [-0.2, 0) is 0 Å². The lowest BCUT2D eigenvalue weighted by Crippen LogP contribution is -2.26. The van der Waals surface area contributed by atoms with Gasteiger partial charge in [0.25, 0.3) is 0 Å². The van der Waals surface area contributed by atoms with Crippen LogP contribution in [0.4, 0.5) is 0 Å². The Balaban J connectivity index is 2.17. The predicted octanol–water partition coefficient (Wildman–Crippen LogP) is 4.94. The Bertz CT molecular complexity index is 1150. The van der Waals surface area contributed by atoms with Crippen LogP contribution < -0.4 is 9.47 Å². The molecule has 0 atom stereocenters. The maximum absolute atomic E-state index is 6.16. The first-order valence-corrected chi connectivity index (χ1v) is 10.3. The Morgan fingerprint density at radius 2 is 1.58 bits per heavy atom. The zero-order valence-corrected chi connectivity index (χ0v) is 19.9. The highest BCUT2D eigenvalue weighted by molar-refractivity contribution is 5.69. The summed E-state index contributed by atoms with van der Waals surface area (Å²) in [7, 11) is 0. The van der Waals surface area contributed by atoms with Crippen LogP contribution >= 0.6 is 0 Å². The first-order valence-electron chi connectivity index (χ1n) is 10.3. The van der Waals surface area contributed by atoms with Crippen molar-refractivity contribution >= 4 is 5.65 Å². The molecule has 0 radical (unpaired) electrons. The fourth-order valence-electron chi connectivity index (χ4n) is 2.61. The van der Waals surface area contributed by atoms with E-state index in [0.717, 1.165) is 5.56 Å². The molecular formula is C24H31N5O2. The Kier molecular flexibility index (Phi) is 5.70. The molecule has 0 bridgehead atoms. The summed E-state index contributed by atoms with van der Waals surface area (Å²) in [6.45, 7) is 18.0. The zero-order valence-electron chi connectivity index (χ0n) is 19.9. The van der Waals surface area contributed by atoms with Gasteiger partial charge in [-0.2, -0.15) is 10.1 Å². The second-order valence-corrected chi connectivity index (χ2v) is 10.4. The average molecular weight is 422 g/mol. The van der Waals surface area contributed by atoms with Gasteiger partial charge in [-0.15, -0.1) is 0 Å². The number of aromatic nitrogens is 5. The monoisotopic (exact) mass is 421 g/mol. The molecule has 0 aromatic carbocycles. The molecule has 31 heavy (non-hydrogen) atoms. The first-order chi connectivity index (χ1) is 14.2. The Hall–Kier alpha value is -3.14. The van der Waals surface area contributed by atoms with Crippen LogP contribution in [0.15, 0.2) is 24.7 Å². The minimum absolute atomic E-state index is 0.136. The van der Waals surface area contributed by atoms with Gasteiger partial charge in [-0.3, -0.25) is 0 Å². The van der Waals surface area contributed by atoms with Crippen LogP contribution in [0.2, 0.25) is 0 Å². The summed E-state index contributed by atoms with van der Waals surface area (Å²) in [5, 5.41) is 4.69. The van der Waals surface area contributed by atoms with Gasteiger partial charge in [-0.1, -0.05) is 11.8 Å². The third-order valence-electron chi connectivity index (χ3n) is 3.74. The van der Waals surface area contributed by atoms with Gasteiger partial charge in [0.15, 0.2) is 5.65 Å². The molecule has 7 nitrogen and oxygen atoms in total. The summed E-state index contributed by atoms with van der Waals surface area (Å²) >= 11 is 0. The minimum Gasteiger partial charge on any atom is -0.471 e. The van der Waals surface area contributed by atoms with Crippen LogP contribution in [0.1, 0.15) is 67.9 Å². The van der Waals surface area contributed by atoms with E-state index >= 15 is 0 Å². The van der Waals surface area contributed by atoms with Gasteiger partial charge in [0, 0.05) is 24.0 Å². The number of fused-ring (bicyclic) bond motifs is 1. The number of nitrogens with zero attached hydrogens (tertiary/aromatic N) is 5. The van der Waals surface area contributed by atoms with E-state index in [1.54, 1.807) is 23.1 Å². The summed E-state index contributed by atoms with van der Waals surface area (Å²) in [6, 6.07) is 2.16. The van der Waals surface area contributed by atoms with Crippen molar-refractivity contribution in [3.63, 3.8) is 0 Å². The van der Waals surface area contributed by atoms with Gasteiger partial charge in [0.05, 0.1) is 16.8 Å². The lowest BCUT2D eigenvalue weighted by molar-refractivity contribution is 0.103. The van der Waals surface area contributed by atoms with Gasteiger partial charge in [-0.25, -0.2) is 14.5 Å². The van der Waals surface area contributed by atoms with Gasteiger partial charge >= 0.3 is 6.01 Å². The van der Waals surface area contributed by atoms with Gasteiger partial charge in [0.1, 0.15) is 11.2 Å². The summed E-state index contributed by atoms with van der Waals surface area (Å²) < 4.78 is 13.7. The van der Waals surface area contributed by atoms with Crippen molar-refractivity contribution in [2.24, 2.45) is 5.41 Å². The number of hydrogen-bond donors (Lipinski definition) is 0. The average Bonchev–Trinajstić information content (AvgIpc) is 3.05. The van der Waals surface area contributed by atoms with E-state index in [1.807, 2.05) is 47.6 Å². The fraction of sp³-hybridized carbons (Fsp3) is 0.500. The molecule has 0 saturated heterocycles. The van der Waals surface area contributed by atoms with Crippen LogP contribution in [-0.4, -0.2) is 35.8 Å². The third kappa shape index (κ3) is 6.17. The summed E-state index contributed by atoms with van der Waals surface area (Å²) in [5.74, 6) is 6.93. The van der Waals surface area contributed by atoms with Crippen molar-refractivity contribution in [3.8, 4) is 35.0 Å². The molecule has 0 spiro atoms. The molecule has 0 N–H and O–H groups in total. The first kappa shape index (κ1) is 22.5. The van der Waals surface area contributed by atoms with Crippen molar-refractivity contribution in [1.82, 2.24) is 24.6 Å². The molecule has 0 aliphatic heterocycles. The van der Waals surface area contributed by atoms with E-state index in [9.17, 15) is 0 Å². The van der Waals surface area contributed by atoms with E-state index in [0.29, 0.717) is 22.8 Å². The van der Waals surface area contributed by atoms with Crippen molar-refractivity contribution in [3.05, 3.63) is 30.2 Å². The van der Waals surface area contributed by atoms with Gasteiger partial charge in [0.2, 0.25) is 5.88 Å². The summed E-state index contributed by atoms with van der Waals surface area (Å²) in [6.07, 6.45) is 5.18. The van der Waals surface area contributed by atoms with Crippen LogP contribution in [0, 0.1) is 17.3 Å². The molecule has 164 valence electrons. The maximum atomic E-state index is 6.16. The molecular weight excluding hydrogens is 390 g/mol. The van der Waals surface area contributed by atoms with Gasteiger partial charge in [-0.05, 0) is 68.4 Å². The fourth-order valence-corrected chi connectivity index (χ4v) is 2.61. The molecule has 3 aromatic rings. The van der Waals surface area contributed by atoms with E-state index in [-0.39, 0.29) is 11.4 Å². The molecule has 3 rings (SSSR count). The van der Waals surface area contributed by atoms with Gasteiger partial charge < -0.3 is 9.47 Å². The van der Waals surface area contributed by atoms with E-state index in [2.05, 4.69) is 47.6 Å². The van der Waals surface area contributed by atoms with Crippen LogP contribution in [0.3, 0.4) is 0 Å². The van der Waals surface area contributed by atoms with E-state index < -0.39 is 11.2 Å². The largest absolute Gasteiger partial charge is 0.471 e. The standard InChI is InChI=1S/C24H31N5O2/c1-22(2,3)11-10-16-14-18(28-29-13-12-25-19(16)29)17-15-26-21(31-24(7,8)9)27-20(17)30-23(4,5)6/h12-15H,1-9H3. The van der Waals surface area contributed by atoms with Crippen molar-refractivity contribution in [2.45, 2.75) is 73.5 Å². The zero-order chi connectivity index (χ0) is 23.0. The summed E-state index contributed by atoms with van der Waals surface area (Å²) in [5.41, 5.74) is 1.76. The van der Waals surface area contributed by atoms with E-state index in [4.69, 9.17) is 14.6 Å². The number of hydrogen-bond acceptors (Lipinski definition) is 6. The van der Waals surface area contributed by atoms with Crippen LogP contribution in [0.25, 0.3) is 16.9 Å². The Labute approximate surface area is 184 Å².